The van der Waals surface area contributed by atoms with Crippen molar-refractivity contribution in [1.29, 1.82) is 0 Å². The second-order valence-electron chi connectivity index (χ2n) is 5.21. The van der Waals surface area contributed by atoms with Crippen LogP contribution in [0.5, 0.6) is 0 Å². The first-order valence-corrected chi connectivity index (χ1v) is 8.70. The maximum Gasteiger partial charge on any atom is 0.254 e. The average molecular weight is 313 g/mol. The number of nitrogens with zero attached hydrogens (tertiary/aromatic N) is 1. The average Bonchev–Trinajstić information content (AvgIpc) is 2.44. The SMILES string of the molecule is CS(=O)(=O)NCC1CCCCN1C(=O)c1cc[nH]c(=O)c1. The predicted octanol–water partition coefficient (Wildman–Crippen LogP) is -0.0812. The summed E-state index contributed by atoms with van der Waals surface area (Å²) in [4.78, 5) is 27.9. The number of piperidine rings is 1. The number of hydrogen-bond acceptors (Lipinski definition) is 4. The molecule has 1 aromatic heterocycles. The van der Waals surface area contributed by atoms with Gasteiger partial charge in [0.2, 0.25) is 15.6 Å². The molecule has 7 nitrogen and oxygen atoms in total. The van der Waals surface area contributed by atoms with Gasteiger partial charge in [0, 0.05) is 37.0 Å². The molecule has 1 atom stereocenters. The van der Waals surface area contributed by atoms with Crippen LogP contribution in [0.4, 0.5) is 0 Å². The molecular weight excluding hydrogens is 294 g/mol. The highest BCUT2D eigenvalue weighted by atomic mass is 32.2. The zero-order chi connectivity index (χ0) is 15.5. The molecule has 8 heteroatoms. The first kappa shape index (κ1) is 15.7. The third-order valence-electron chi connectivity index (χ3n) is 3.49. The Morgan fingerprint density at radius 1 is 1.48 bits per heavy atom. The minimum atomic E-state index is -3.29. The quantitative estimate of drug-likeness (QED) is 0.812. The summed E-state index contributed by atoms with van der Waals surface area (Å²) in [6.45, 7) is 0.773. The maximum absolute atomic E-state index is 12.5. The molecule has 2 rings (SSSR count). The van der Waals surface area contributed by atoms with Crippen molar-refractivity contribution >= 4 is 15.9 Å². The Morgan fingerprint density at radius 3 is 2.90 bits per heavy atom. The lowest BCUT2D eigenvalue weighted by Gasteiger charge is -2.35. The number of aromatic amines is 1. The smallest absolute Gasteiger partial charge is 0.254 e. The van der Waals surface area contributed by atoms with Gasteiger partial charge in [0.1, 0.15) is 0 Å². The van der Waals surface area contributed by atoms with E-state index in [4.69, 9.17) is 0 Å². The summed E-state index contributed by atoms with van der Waals surface area (Å²) < 4.78 is 24.9. The molecule has 2 heterocycles. The maximum atomic E-state index is 12.5. The molecule has 2 N–H and O–H groups in total. The van der Waals surface area contributed by atoms with E-state index in [1.807, 2.05) is 0 Å². The van der Waals surface area contributed by atoms with Gasteiger partial charge in [-0.05, 0) is 25.3 Å². The Bertz CT molecular complexity index is 668. The van der Waals surface area contributed by atoms with Gasteiger partial charge in [-0.15, -0.1) is 0 Å². The van der Waals surface area contributed by atoms with Crippen LogP contribution >= 0.6 is 0 Å². The number of sulfonamides is 1. The molecule has 116 valence electrons. The van der Waals surface area contributed by atoms with Gasteiger partial charge < -0.3 is 9.88 Å². The minimum Gasteiger partial charge on any atom is -0.334 e. The molecule has 0 aliphatic carbocycles. The van der Waals surface area contributed by atoms with E-state index in [0.29, 0.717) is 12.1 Å². The summed E-state index contributed by atoms with van der Waals surface area (Å²) in [5.74, 6) is -0.235. The highest BCUT2D eigenvalue weighted by Gasteiger charge is 2.28. The topological polar surface area (TPSA) is 99.3 Å². The lowest BCUT2D eigenvalue weighted by molar-refractivity contribution is 0.0618. The van der Waals surface area contributed by atoms with Crippen molar-refractivity contribution in [2.75, 3.05) is 19.3 Å². The third kappa shape index (κ3) is 4.40. The van der Waals surface area contributed by atoms with E-state index in [0.717, 1.165) is 25.5 Å². The number of rotatable bonds is 4. The van der Waals surface area contributed by atoms with E-state index in [9.17, 15) is 18.0 Å². The van der Waals surface area contributed by atoms with E-state index < -0.39 is 10.0 Å². The molecule has 0 spiro atoms. The molecular formula is C13H19N3O4S. The number of pyridine rings is 1. The second kappa shape index (κ2) is 6.40. The van der Waals surface area contributed by atoms with E-state index in [-0.39, 0.29) is 24.1 Å². The van der Waals surface area contributed by atoms with E-state index in [1.165, 1.54) is 12.3 Å². The lowest BCUT2D eigenvalue weighted by atomic mass is 10.0. The predicted molar refractivity (Wildman–Crippen MR) is 78.6 cm³/mol. The van der Waals surface area contributed by atoms with Gasteiger partial charge in [-0.1, -0.05) is 0 Å². The molecule has 1 aliphatic rings. The van der Waals surface area contributed by atoms with Crippen molar-refractivity contribution in [2.24, 2.45) is 0 Å². The lowest BCUT2D eigenvalue weighted by Crippen LogP contribution is -2.49. The Kier molecular flexibility index (Phi) is 4.79. The summed E-state index contributed by atoms with van der Waals surface area (Å²) in [6.07, 6.45) is 5.11. The molecule has 1 amide bonds. The van der Waals surface area contributed by atoms with Crippen molar-refractivity contribution < 1.29 is 13.2 Å². The number of H-pyrrole nitrogens is 1. The van der Waals surface area contributed by atoms with Crippen LogP contribution in [0.25, 0.3) is 0 Å². The number of likely N-dealkylation sites (tertiary alicyclic amines) is 1. The molecule has 1 saturated heterocycles. The van der Waals surface area contributed by atoms with E-state index >= 15 is 0 Å². The molecule has 1 aromatic rings. The van der Waals surface area contributed by atoms with Crippen LogP contribution in [0.1, 0.15) is 29.6 Å². The monoisotopic (exact) mass is 313 g/mol. The standard InChI is InChI=1S/C13H19N3O4S/c1-21(19,20)15-9-11-4-2-3-7-16(11)13(18)10-5-6-14-12(17)8-10/h5-6,8,11,15H,2-4,7,9H2,1H3,(H,14,17). The highest BCUT2D eigenvalue weighted by Crippen LogP contribution is 2.19. The van der Waals surface area contributed by atoms with Crippen molar-refractivity contribution in [1.82, 2.24) is 14.6 Å². The van der Waals surface area contributed by atoms with Gasteiger partial charge in [0.05, 0.1) is 6.26 Å². The summed E-state index contributed by atoms with van der Waals surface area (Å²) in [5.41, 5.74) is -0.00586. The molecule has 1 unspecified atom stereocenters. The first-order chi connectivity index (χ1) is 9.87. The number of carbonyl (C=O) groups excluding carboxylic acids is 1. The largest absolute Gasteiger partial charge is 0.334 e. The van der Waals surface area contributed by atoms with Crippen LogP contribution < -0.4 is 10.3 Å². The Hall–Kier alpha value is -1.67. The molecule has 1 fully saturated rings. The zero-order valence-corrected chi connectivity index (χ0v) is 12.6. The fourth-order valence-corrected chi connectivity index (χ4v) is 2.97. The number of hydrogen-bond donors (Lipinski definition) is 2. The zero-order valence-electron chi connectivity index (χ0n) is 11.8. The Morgan fingerprint density at radius 2 is 2.24 bits per heavy atom. The number of nitrogens with one attached hydrogen (secondary N) is 2. The summed E-state index contributed by atoms with van der Waals surface area (Å²) in [5, 5.41) is 0. The number of carbonyl (C=O) groups is 1. The fraction of sp³-hybridized carbons (Fsp3) is 0.538. The van der Waals surface area contributed by atoms with Crippen LogP contribution in [0.15, 0.2) is 23.1 Å². The minimum absolute atomic E-state index is 0.180. The molecule has 0 aromatic carbocycles. The van der Waals surface area contributed by atoms with Gasteiger partial charge >= 0.3 is 0 Å². The number of aromatic nitrogens is 1. The molecule has 1 aliphatic heterocycles. The van der Waals surface area contributed by atoms with Crippen LogP contribution in [0.2, 0.25) is 0 Å². The summed E-state index contributed by atoms with van der Waals surface area (Å²) in [6, 6.07) is 2.64. The van der Waals surface area contributed by atoms with Crippen molar-refractivity contribution in [2.45, 2.75) is 25.3 Å². The van der Waals surface area contributed by atoms with Crippen LogP contribution in [0, 0.1) is 0 Å². The summed E-state index contributed by atoms with van der Waals surface area (Å²) >= 11 is 0. The van der Waals surface area contributed by atoms with Gasteiger partial charge in [-0.3, -0.25) is 9.59 Å². The van der Waals surface area contributed by atoms with Gasteiger partial charge in [-0.2, -0.15) is 0 Å². The van der Waals surface area contributed by atoms with Crippen molar-refractivity contribution in [3.63, 3.8) is 0 Å². The molecule has 0 bridgehead atoms. The second-order valence-corrected chi connectivity index (χ2v) is 7.04. The van der Waals surface area contributed by atoms with Crippen LogP contribution in [-0.2, 0) is 10.0 Å². The van der Waals surface area contributed by atoms with Gasteiger partial charge in [0.15, 0.2) is 0 Å². The molecule has 0 saturated carbocycles. The fourth-order valence-electron chi connectivity index (χ4n) is 2.47. The van der Waals surface area contributed by atoms with E-state index in [2.05, 4.69) is 9.71 Å². The van der Waals surface area contributed by atoms with E-state index in [1.54, 1.807) is 11.0 Å². The van der Waals surface area contributed by atoms with Crippen molar-refractivity contribution in [3.8, 4) is 0 Å². The van der Waals surface area contributed by atoms with Crippen LogP contribution in [0.3, 0.4) is 0 Å². The van der Waals surface area contributed by atoms with Gasteiger partial charge in [0.25, 0.3) is 5.91 Å². The van der Waals surface area contributed by atoms with Crippen LogP contribution in [-0.4, -0.2) is 49.6 Å². The highest BCUT2D eigenvalue weighted by molar-refractivity contribution is 7.88. The normalized spacial score (nSPS) is 19.5. The van der Waals surface area contributed by atoms with Crippen molar-refractivity contribution in [3.05, 3.63) is 34.2 Å². The Balaban J connectivity index is 2.14. The molecule has 0 radical (unpaired) electrons. The van der Waals surface area contributed by atoms with Gasteiger partial charge in [-0.25, -0.2) is 13.1 Å². The summed E-state index contributed by atoms with van der Waals surface area (Å²) in [7, 11) is -3.29. The Labute approximate surface area is 123 Å². The number of amides is 1. The first-order valence-electron chi connectivity index (χ1n) is 6.81. The third-order valence-corrected chi connectivity index (χ3v) is 4.18. The molecule has 21 heavy (non-hydrogen) atoms.